The van der Waals surface area contributed by atoms with Crippen molar-refractivity contribution in [3.8, 4) is 5.75 Å². The van der Waals surface area contributed by atoms with Gasteiger partial charge in [-0.1, -0.05) is 0 Å². The number of fused-ring (bicyclic) bond motifs is 1. The van der Waals surface area contributed by atoms with Crippen LogP contribution in [-0.4, -0.2) is 11.0 Å². The highest BCUT2D eigenvalue weighted by Gasteiger charge is 2.26. The molecule has 12 heavy (non-hydrogen) atoms. The molecule has 2 rings (SSSR count). The fourth-order valence-corrected chi connectivity index (χ4v) is 1.40. The van der Waals surface area contributed by atoms with E-state index in [0.717, 1.165) is 11.3 Å². The Bertz CT molecular complexity index is 346. The second kappa shape index (κ2) is 2.24. The number of hydrogen-bond acceptors (Lipinski definition) is 2. The van der Waals surface area contributed by atoms with Crippen molar-refractivity contribution in [3.63, 3.8) is 0 Å². The van der Waals surface area contributed by atoms with E-state index in [4.69, 9.17) is 5.11 Å². The topological polar surface area (TPSA) is 49.3 Å². The van der Waals surface area contributed by atoms with Gasteiger partial charge in [-0.15, -0.1) is 0 Å². The standard InChI is InChI=1S/C9H9NO2/c1-5-7-4-6(11)2-3-8(7)10-9(5)12/h2-5,11H,1H3,(H,10,12)/t5-/m1/s1. The van der Waals surface area contributed by atoms with E-state index >= 15 is 0 Å². The van der Waals surface area contributed by atoms with Crippen molar-refractivity contribution in [1.82, 2.24) is 0 Å². The highest BCUT2D eigenvalue weighted by Crippen LogP contribution is 2.34. The van der Waals surface area contributed by atoms with E-state index in [1.807, 2.05) is 6.92 Å². The number of hydrogen-bond donors (Lipinski definition) is 2. The number of amides is 1. The summed E-state index contributed by atoms with van der Waals surface area (Å²) in [6.07, 6.45) is 0. The summed E-state index contributed by atoms with van der Waals surface area (Å²) in [5, 5.41) is 11.9. The number of carbonyl (C=O) groups excluding carboxylic acids is 1. The van der Waals surface area contributed by atoms with Crippen LogP contribution in [0.15, 0.2) is 18.2 Å². The molecule has 1 heterocycles. The SMILES string of the molecule is C[C@H]1C(=O)Nc2ccc(O)cc21. The molecule has 1 aliphatic rings. The maximum Gasteiger partial charge on any atom is 0.231 e. The van der Waals surface area contributed by atoms with Gasteiger partial charge in [0.1, 0.15) is 5.75 Å². The number of benzene rings is 1. The fraction of sp³-hybridized carbons (Fsp3) is 0.222. The normalized spacial score (nSPS) is 20.4. The van der Waals surface area contributed by atoms with E-state index in [2.05, 4.69) is 5.32 Å². The van der Waals surface area contributed by atoms with Crippen molar-refractivity contribution in [2.45, 2.75) is 12.8 Å². The minimum absolute atomic E-state index is 0.00407. The highest BCUT2D eigenvalue weighted by molar-refractivity contribution is 6.02. The van der Waals surface area contributed by atoms with Crippen LogP contribution in [0.2, 0.25) is 0 Å². The molecule has 0 aliphatic carbocycles. The van der Waals surface area contributed by atoms with E-state index in [1.165, 1.54) is 0 Å². The van der Waals surface area contributed by atoms with Crippen LogP contribution in [0.3, 0.4) is 0 Å². The van der Waals surface area contributed by atoms with E-state index in [-0.39, 0.29) is 17.6 Å². The summed E-state index contributed by atoms with van der Waals surface area (Å²) >= 11 is 0. The summed E-state index contributed by atoms with van der Waals surface area (Å²) < 4.78 is 0. The first-order chi connectivity index (χ1) is 5.68. The number of phenolic OH excluding ortho intramolecular Hbond substituents is 1. The van der Waals surface area contributed by atoms with Gasteiger partial charge in [0, 0.05) is 5.69 Å². The maximum absolute atomic E-state index is 11.1. The number of aromatic hydroxyl groups is 1. The van der Waals surface area contributed by atoms with Gasteiger partial charge in [0.15, 0.2) is 0 Å². The lowest BCUT2D eigenvalue weighted by Crippen LogP contribution is -2.08. The van der Waals surface area contributed by atoms with Crippen molar-refractivity contribution in [2.75, 3.05) is 5.32 Å². The number of nitrogens with one attached hydrogen (secondary N) is 1. The Kier molecular flexibility index (Phi) is 1.33. The predicted octanol–water partition coefficient (Wildman–Crippen LogP) is 1.45. The van der Waals surface area contributed by atoms with Crippen molar-refractivity contribution in [3.05, 3.63) is 23.8 Å². The summed E-state index contributed by atoms with van der Waals surface area (Å²) in [5.74, 6) is 0.0554. The molecule has 1 aromatic carbocycles. The van der Waals surface area contributed by atoms with E-state index < -0.39 is 0 Å². The van der Waals surface area contributed by atoms with Gasteiger partial charge in [-0.3, -0.25) is 4.79 Å². The molecule has 0 aromatic heterocycles. The summed E-state index contributed by atoms with van der Waals surface area (Å²) in [7, 11) is 0. The Morgan fingerprint density at radius 2 is 2.25 bits per heavy atom. The van der Waals surface area contributed by atoms with Gasteiger partial charge in [0.05, 0.1) is 5.92 Å². The minimum Gasteiger partial charge on any atom is -0.508 e. The average Bonchev–Trinajstić information content (AvgIpc) is 2.31. The van der Waals surface area contributed by atoms with Gasteiger partial charge in [0.25, 0.3) is 0 Å². The quantitative estimate of drug-likeness (QED) is 0.568. The van der Waals surface area contributed by atoms with Gasteiger partial charge in [-0.05, 0) is 30.7 Å². The molecule has 0 radical (unpaired) electrons. The Balaban J connectivity index is 2.55. The van der Waals surface area contributed by atoms with Crippen molar-refractivity contribution in [1.29, 1.82) is 0 Å². The van der Waals surface area contributed by atoms with Crippen LogP contribution in [0.5, 0.6) is 5.75 Å². The van der Waals surface area contributed by atoms with E-state index in [9.17, 15) is 4.79 Å². The molecule has 1 aliphatic heterocycles. The zero-order valence-corrected chi connectivity index (χ0v) is 6.66. The highest BCUT2D eigenvalue weighted by atomic mass is 16.3. The average molecular weight is 163 g/mol. The fourth-order valence-electron chi connectivity index (χ4n) is 1.40. The molecule has 1 aromatic rings. The Hall–Kier alpha value is -1.51. The summed E-state index contributed by atoms with van der Waals surface area (Å²) in [5.41, 5.74) is 1.69. The van der Waals surface area contributed by atoms with Crippen LogP contribution in [0.1, 0.15) is 18.4 Å². The summed E-state index contributed by atoms with van der Waals surface area (Å²) in [6, 6.07) is 4.90. The molecule has 3 nitrogen and oxygen atoms in total. The monoisotopic (exact) mass is 163 g/mol. The van der Waals surface area contributed by atoms with Gasteiger partial charge in [-0.2, -0.15) is 0 Å². The lowest BCUT2D eigenvalue weighted by molar-refractivity contribution is -0.116. The Labute approximate surface area is 70.0 Å². The lowest BCUT2D eigenvalue weighted by atomic mass is 10.0. The third-order valence-electron chi connectivity index (χ3n) is 2.15. The lowest BCUT2D eigenvalue weighted by Gasteiger charge is -2.00. The molecule has 0 saturated heterocycles. The zero-order chi connectivity index (χ0) is 8.72. The molecule has 3 heteroatoms. The van der Waals surface area contributed by atoms with Gasteiger partial charge in [-0.25, -0.2) is 0 Å². The van der Waals surface area contributed by atoms with Crippen LogP contribution in [-0.2, 0) is 4.79 Å². The third-order valence-corrected chi connectivity index (χ3v) is 2.15. The van der Waals surface area contributed by atoms with E-state index in [0.29, 0.717) is 0 Å². The van der Waals surface area contributed by atoms with Crippen LogP contribution >= 0.6 is 0 Å². The van der Waals surface area contributed by atoms with Crippen molar-refractivity contribution in [2.24, 2.45) is 0 Å². The molecule has 1 amide bonds. The van der Waals surface area contributed by atoms with Crippen molar-refractivity contribution < 1.29 is 9.90 Å². The number of carbonyl (C=O) groups is 1. The molecule has 0 unspecified atom stereocenters. The molecule has 0 bridgehead atoms. The second-order valence-electron chi connectivity index (χ2n) is 2.98. The van der Waals surface area contributed by atoms with Crippen LogP contribution in [0, 0.1) is 0 Å². The number of rotatable bonds is 0. The molecule has 0 spiro atoms. The zero-order valence-electron chi connectivity index (χ0n) is 6.66. The molecule has 62 valence electrons. The molecular weight excluding hydrogens is 154 g/mol. The molecule has 1 atom stereocenters. The molecule has 2 N–H and O–H groups in total. The smallest absolute Gasteiger partial charge is 0.231 e. The van der Waals surface area contributed by atoms with Gasteiger partial charge in [0.2, 0.25) is 5.91 Å². The maximum atomic E-state index is 11.1. The number of phenols is 1. The first-order valence-corrected chi connectivity index (χ1v) is 3.82. The molecule has 0 saturated carbocycles. The van der Waals surface area contributed by atoms with Crippen molar-refractivity contribution >= 4 is 11.6 Å². The predicted molar refractivity (Wildman–Crippen MR) is 45.2 cm³/mol. The van der Waals surface area contributed by atoms with Gasteiger partial charge < -0.3 is 10.4 Å². The summed E-state index contributed by atoms with van der Waals surface area (Å²) in [6.45, 7) is 1.82. The Morgan fingerprint density at radius 3 is 3.00 bits per heavy atom. The first-order valence-electron chi connectivity index (χ1n) is 3.82. The third kappa shape index (κ3) is 0.863. The van der Waals surface area contributed by atoms with Crippen LogP contribution in [0.4, 0.5) is 5.69 Å². The van der Waals surface area contributed by atoms with Crippen LogP contribution in [0.25, 0.3) is 0 Å². The largest absolute Gasteiger partial charge is 0.508 e. The van der Waals surface area contributed by atoms with E-state index in [1.54, 1.807) is 18.2 Å². The molecule has 0 fully saturated rings. The first kappa shape index (κ1) is 7.16. The number of anilines is 1. The second-order valence-corrected chi connectivity index (χ2v) is 2.98. The Morgan fingerprint density at radius 1 is 1.50 bits per heavy atom. The van der Waals surface area contributed by atoms with Crippen LogP contribution < -0.4 is 5.32 Å². The van der Waals surface area contributed by atoms with Gasteiger partial charge >= 0.3 is 0 Å². The summed E-state index contributed by atoms with van der Waals surface area (Å²) in [4.78, 5) is 11.1. The minimum atomic E-state index is -0.146. The molecular formula is C9H9NO2.